The van der Waals surface area contributed by atoms with Crippen molar-refractivity contribution in [2.45, 2.75) is 19.9 Å². The van der Waals surface area contributed by atoms with Gasteiger partial charge in [0.2, 0.25) is 0 Å². The van der Waals surface area contributed by atoms with Gasteiger partial charge in [-0.1, -0.05) is 23.5 Å². The van der Waals surface area contributed by atoms with Crippen molar-refractivity contribution in [1.82, 2.24) is 20.2 Å². The second kappa shape index (κ2) is 8.66. The minimum Gasteiger partial charge on any atom is -0.344 e. The summed E-state index contributed by atoms with van der Waals surface area (Å²) in [6.07, 6.45) is 1.77. The number of anilines is 2. The van der Waals surface area contributed by atoms with E-state index in [1.54, 1.807) is 35.7 Å². The van der Waals surface area contributed by atoms with Crippen molar-refractivity contribution in [1.29, 1.82) is 0 Å². The van der Waals surface area contributed by atoms with E-state index in [1.165, 1.54) is 0 Å². The molecule has 0 radical (unpaired) electrons. The van der Waals surface area contributed by atoms with Gasteiger partial charge in [0.15, 0.2) is 5.13 Å². The van der Waals surface area contributed by atoms with Crippen molar-refractivity contribution in [2.75, 3.05) is 36.4 Å². The Morgan fingerprint density at radius 2 is 1.83 bits per heavy atom. The Balaban J connectivity index is 1.42. The zero-order chi connectivity index (χ0) is 21.1. The summed E-state index contributed by atoms with van der Waals surface area (Å²) in [6, 6.07) is 10.6. The smallest absolute Gasteiger partial charge is 0.319 e. The van der Waals surface area contributed by atoms with Gasteiger partial charge in [0.05, 0.1) is 11.3 Å². The Morgan fingerprint density at radius 1 is 1.07 bits per heavy atom. The van der Waals surface area contributed by atoms with Crippen LogP contribution >= 0.6 is 11.3 Å². The zero-order valence-corrected chi connectivity index (χ0v) is 17.8. The molecule has 1 aliphatic heterocycles. The number of aromatic nitrogens is 2. The third kappa shape index (κ3) is 4.35. The first-order chi connectivity index (χ1) is 14.5. The number of hydrogen-bond acceptors (Lipinski definition) is 6. The minimum absolute atomic E-state index is 0.0126. The third-order valence-corrected chi connectivity index (χ3v) is 5.86. The number of nitrogens with one attached hydrogen (secondary N) is 2. The topological polar surface area (TPSA) is 90.5 Å². The molecular weight excluding hydrogens is 400 g/mol. The summed E-state index contributed by atoms with van der Waals surface area (Å²) in [5.41, 5.74) is 1.91. The fraction of sp³-hybridized carbons (Fsp3) is 0.333. The van der Waals surface area contributed by atoms with Gasteiger partial charge in [-0.15, -0.1) is 0 Å². The van der Waals surface area contributed by atoms with Crippen LogP contribution in [0.5, 0.6) is 0 Å². The van der Waals surface area contributed by atoms with Crippen molar-refractivity contribution >= 4 is 44.4 Å². The quantitative estimate of drug-likeness (QED) is 0.671. The summed E-state index contributed by atoms with van der Waals surface area (Å²) in [4.78, 5) is 39.2. The number of fused-ring (bicyclic) bond motifs is 1. The van der Waals surface area contributed by atoms with Crippen LogP contribution in [0.1, 0.15) is 24.2 Å². The molecule has 2 N–H and O–H groups in total. The molecule has 4 rings (SSSR count). The Morgan fingerprint density at radius 3 is 2.57 bits per heavy atom. The Bertz CT molecular complexity index is 1030. The lowest BCUT2D eigenvalue weighted by molar-refractivity contribution is 0.0748. The zero-order valence-electron chi connectivity index (χ0n) is 17.0. The summed E-state index contributed by atoms with van der Waals surface area (Å²) in [5, 5.41) is 6.50. The number of piperazine rings is 1. The van der Waals surface area contributed by atoms with Crippen LogP contribution in [-0.2, 0) is 0 Å². The van der Waals surface area contributed by atoms with E-state index in [0.717, 1.165) is 15.5 Å². The number of rotatable bonds is 4. The highest BCUT2D eigenvalue weighted by molar-refractivity contribution is 7.21. The lowest BCUT2D eigenvalue weighted by atomic mass is 10.1. The molecule has 0 bridgehead atoms. The monoisotopic (exact) mass is 424 g/mol. The number of nitrogens with zero attached hydrogens (tertiary/aromatic N) is 4. The molecule has 9 heteroatoms. The Labute approximate surface area is 178 Å². The van der Waals surface area contributed by atoms with E-state index in [1.807, 2.05) is 36.9 Å². The first kappa shape index (κ1) is 20.1. The predicted octanol–water partition coefficient (Wildman–Crippen LogP) is 3.18. The fourth-order valence-electron chi connectivity index (χ4n) is 3.36. The molecule has 3 aromatic rings. The molecular formula is C21H24N6O2S. The molecule has 0 aliphatic carbocycles. The van der Waals surface area contributed by atoms with Crippen LogP contribution in [0.4, 0.5) is 15.6 Å². The summed E-state index contributed by atoms with van der Waals surface area (Å²) in [6.45, 7) is 6.36. The molecule has 3 amide bonds. The van der Waals surface area contributed by atoms with Gasteiger partial charge in [0.1, 0.15) is 10.3 Å². The van der Waals surface area contributed by atoms with Crippen molar-refractivity contribution < 1.29 is 9.59 Å². The molecule has 1 aromatic carbocycles. The second-order valence-corrected chi connectivity index (χ2v) is 8.36. The third-order valence-electron chi connectivity index (χ3n) is 4.82. The molecule has 1 fully saturated rings. The highest BCUT2D eigenvalue weighted by atomic mass is 32.1. The fourth-order valence-corrected chi connectivity index (χ4v) is 4.32. The molecule has 0 atom stereocenters. The number of amides is 3. The first-order valence-electron chi connectivity index (χ1n) is 9.93. The van der Waals surface area contributed by atoms with E-state index < -0.39 is 0 Å². The van der Waals surface area contributed by atoms with E-state index in [9.17, 15) is 9.59 Å². The maximum absolute atomic E-state index is 13.1. The number of carbonyl (C=O) groups excluding carboxylic acids is 2. The summed E-state index contributed by atoms with van der Waals surface area (Å²) < 4.78 is 0. The van der Waals surface area contributed by atoms with Gasteiger partial charge >= 0.3 is 6.03 Å². The van der Waals surface area contributed by atoms with Gasteiger partial charge in [-0.25, -0.2) is 14.8 Å². The van der Waals surface area contributed by atoms with Gasteiger partial charge in [-0.3, -0.25) is 4.79 Å². The molecule has 3 heterocycles. The largest absolute Gasteiger partial charge is 0.344 e. The molecule has 156 valence electrons. The number of urea groups is 1. The van der Waals surface area contributed by atoms with Crippen LogP contribution < -0.4 is 15.5 Å². The maximum atomic E-state index is 13.1. The molecule has 0 spiro atoms. The molecule has 1 saturated heterocycles. The van der Waals surface area contributed by atoms with E-state index in [0.29, 0.717) is 37.4 Å². The van der Waals surface area contributed by atoms with Crippen LogP contribution in [0, 0.1) is 0 Å². The van der Waals surface area contributed by atoms with Crippen molar-refractivity contribution in [2.24, 2.45) is 0 Å². The molecule has 2 aromatic heterocycles. The van der Waals surface area contributed by atoms with Crippen molar-refractivity contribution in [3.63, 3.8) is 0 Å². The molecule has 0 saturated carbocycles. The summed E-state index contributed by atoms with van der Waals surface area (Å²) in [7, 11) is 0. The van der Waals surface area contributed by atoms with Crippen LogP contribution in [0.3, 0.4) is 0 Å². The normalized spacial score (nSPS) is 14.2. The number of thiazole rings is 1. The summed E-state index contributed by atoms with van der Waals surface area (Å²) >= 11 is 1.57. The van der Waals surface area contributed by atoms with Crippen LogP contribution in [-0.4, -0.2) is 59.0 Å². The average Bonchev–Trinajstić information content (AvgIpc) is 3.17. The SMILES string of the molecule is CC(C)NC(=O)Nc1ccccc1C(=O)N1CCN(c2nc3cccnc3s2)CC1. The van der Waals surface area contributed by atoms with Gasteiger partial charge < -0.3 is 20.4 Å². The highest BCUT2D eigenvalue weighted by Crippen LogP contribution is 2.28. The first-order valence-corrected chi connectivity index (χ1v) is 10.8. The van der Waals surface area contributed by atoms with Crippen LogP contribution in [0.25, 0.3) is 10.3 Å². The minimum atomic E-state index is -0.320. The number of para-hydroxylation sites is 1. The predicted molar refractivity (Wildman–Crippen MR) is 119 cm³/mol. The van der Waals surface area contributed by atoms with Gasteiger partial charge in [-0.05, 0) is 38.1 Å². The van der Waals surface area contributed by atoms with Crippen LogP contribution in [0.2, 0.25) is 0 Å². The van der Waals surface area contributed by atoms with Crippen molar-refractivity contribution in [3.05, 3.63) is 48.2 Å². The van der Waals surface area contributed by atoms with Crippen LogP contribution in [0.15, 0.2) is 42.6 Å². The van der Waals surface area contributed by atoms with Gasteiger partial charge in [0, 0.05) is 38.4 Å². The lowest BCUT2D eigenvalue weighted by Crippen LogP contribution is -2.49. The number of pyridine rings is 1. The number of benzene rings is 1. The lowest BCUT2D eigenvalue weighted by Gasteiger charge is -2.34. The Kier molecular flexibility index (Phi) is 5.80. The van der Waals surface area contributed by atoms with Crippen molar-refractivity contribution in [3.8, 4) is 0 Å². The highest BCUT2D eigenvalue weighted by Gasteiger charge is 2.25. The van der Waals surface area contributed by atoms with Gasteiger partial charge in [0.25, 0.3) is 5.91 Å². The molecule has 1 aliphatic rings. The average molecular weight is 425 g/mol. The molecule has 0 unspecified atom stereocenters. The van der Waals surface area contributed by atoms with E-state index in [-0.39, 0.29) is 18.0 Å². The van der Waals surface area contributed by atoms with E-state index >= 15 is 0 Å². The summed E-state index contributed by atoms with van der Waals surface area (Å²) in [5.74, 6) is -0.0823. The van der Waals surface area contributed by atoms with E-state index in [2.05, 4.69) is 25.5 Å². The number of hydrogen-bond donors (Lipinski definition) is 2. The molecule has 30 heavy (non-hydrogen) atoms. The molecule has 8 nitrogen and oxygen atoms in total. The van der Waals surface area contributed by atoms with Gasteiger partial charge in [-0.2, -0.15) is 0 Å². The second-order valence-electron chi connectivity index (χ2n) is 7.40. The number of carbonyl (C=O) groups is 2. The Hall–Kier alpha value is -3.20. The maximum Gasteiger partial charge on any atom is 0.319 e. The standard InChI is InChI=1S/C21H24N6O2S/c1-14(2)23-20(29)24-16-7-4-3-6-15(16)19(28)26-10-12-27(13-11-26)21-25-17-8-5-9-22-18(17)30-21/h3-9,14H,10-13H2,1-2H3,(H2,23,24,29). The van der Waals surface area contributed by atoms with E-state index in [4.69, 9.17) is 0 Å².